The number of hydrogen-bond acceptors (Lipinski definition) is 2. The summed E-state index contributed by atoms with van der Waals surface area (Å²) in [5.74, 6) is 0.118. The van der Waals surface area contributed by atoms with Crippen LogP contribution < -0.4 is 10.6 Å². The van der Waals surface area contributed by atoms with E-state index in [0.717, 1.165) is 30.8 Å². The number of carbonyl (C=O) groups is 1. The van der Waals surface area contributed by atoms with Crippen molar-refractivity contribution < 1.29 is 4.79 Å². The van der Waals surface area contributed by atoms with Crippen LogP contribution in [0.3, 0.4) is 0 Å². The van der Waals surface area contributed by atoms with E-state index in [1.807, 2.05) is 32.0 Å². The predicted octanol–water partition coefficient (Wildman–Crippen LogP) is 2.54. The van der Waals surface area contributed by atoms with Crippen molar-refractivity contribution in [1.29, 1.82) is 0 Å². The van der Waals surface area contributed by atoms with E-state index in [9.17, 15) is 4.79 Å². The molecule has 2 N–H and O–H groups in total. The molecule has 1 heterocycles. The second-order valence-electron chi connectivity index (χ2n) is 4.85. The summed E-state index contributed by atoms with van der Waals surface area (Å²) in [7, 11) is 0. The normalized spacial score (nSPS) is 23.7. The van der Waals surface area contributed by atoms with Crippen molar-refractivity contribution in [3.8, 4) is 0 Å². The average molecular weight is 344 g/mol. The molecular weight excluding hydrogens is 327 g/mol. The van der Waals surface area contributed by atoms with Gasteiger partial charge in [0.25, 0.3) is 0 Å². The third-order valence-corrected chi connectivity index (χ3v) is 4.60. The topological polar surface area (TPSA) is 41.1 Å². The molecule has 1 atom stereocenters. The van der Waals surface area contributed by atoms with Crippen molar-refractivity contribution in [2.75, 3.05) is 18.4 Å². The van der Waals surface area contributed by atoms with E-state index in [2.05, 4.69) is 33.2 Å². The second-order valence-corrected chi connectivity index (χ2v) is 6.02. The smallest absolute Gasteiger partial charge is 0.231 e. The van der Waals surface area contributed by atoms with Crippen molar-refractivity contribution >= 4 is 34.2 Å². The van der Waals surface area contributed by atoms with Crippen molar-refractivity contribution in [3.05, 3.63) is 27.3 Å². The first-order valence-electron chi connectivity index (χ1n) is 5.80. The highest BCUT2D eigenvalue weighted by atomic mass is 127. The van der Waals surface area contributed by atoms with E-state index >= 15 is 0 Å². The number of rotatable bonds is 2. The quantitative estimate of drug-likeness (QED) is 0.810. The summed E-state index contributed by atoms with van der Waals surface area (Å²) >= 11 is 2.28. The lowest BCUT2D eigenvalue weighted by molar-refractivity contribution is -0.123. The summed E-state index contributed by atoms with van der Waals surface area (Å²) in [4.78, 5) is 12.2. The van der Waals surface area contributed by atoms with Gasteiger partial charge in [-0.2, -0.15) is 0 Å². The molecule has 2 rings (SSSR count). The fourth-order valence-electron chi connectivity index (χ4n) is 2.03. The van der Waals surface area contributed by atoms with Crippen LogP contribution in [0.1, 0.15) is 18.9 Å². The lowest BCUT2D eigenvalue weighted by atomic mass is 9.88. The molecule has 1 aromatic rings. The molecule has 0 saturated carbocycles. The van der Waals surface area contributed by atoms with Gasteiger partial charge in [0.2, 0.25) is 5.91 Å². The molecule has 0 spiro atoms. The van der Waals surface area contributed by atoms with Crippen LogP contribution in [-0.4, -0.2) is 19.0 Å². The zero-order valence-electron chi connectivity index (χ0n) is 10.1. The van der Waals surface area contributed by atoms with E-state index in [1.54, 1.807) is 0 Å². The van der Waals surface area contributed by atoms with Gasteiger partial charge < -0.3 is 10.6 Å². The molecule has 0 aromatic heterocycles. The molecule has 92 valence electrons. The molecule has 3 nitrogen and oxygen atoms in total. The maximum Gasteiger partial charge on any atom is 0.231 e. The molecule has 1 aromatic carbocycles. The Morgan fingerprint density at radius 1 is 1.53 bits per heavy atom. The summed E-state index contributed by atoms with van der Waals surface area (Å²) in [6.45, 7) is 5.75. The SMILES string of the molecule is Cc1c(I)cccc1NC(=O)C1(C)CCNC1. The fraction of sp³-hybridized carbons (Fsp3) is 0.462. The summed E-state index contributed by atoms with van der Waals surface area (Å²) in [6, 6.07) is 5.98. The van der Waals surface area contributed by atoms with Crippen LogP contribution in [-0.2, 0) is 4.79 Å². The zero-order chi connectivity index (χ0) is 12.5. The summed E-state index contributed by atoms with van der Waals surface area (Å²) in [5.41, 5.74) is 1.79. The third kappa shape index (κ3) is 2.63. The van der Waals surface area contributed by atoms with E-state index in [1.165, 1.54) is 3.57 Å². The van der Waals surface area contributed by atoms with Crippen molar-refractivity contribution in [2.24, 2.45) is 5.41 Å². The largest absolute Gasteiger partial charge is 0.325 e. The Labute approximate surface area is 116 Å². The van der Waals surface area contributed by atoms with Crippen LogP contribution in [0.15, 0.2) is 18.2 Å². The number of carbonyl (C=O) groups excluding carboxylic acids is 1. The monoisotopic (exact) mass is 344 g/mol. The van der Waals surface area contributed by atoms with Gasteiger partial charge in [0.1, 0.15) is 0 Å². The first-order valence-corrected chi connectivity index (χ1v) is 6.88. The van der Waals surface area contributed by atoms with Crippen LogP contribution in [0.5, 0.6) is 0 Å². The average Bonchev–Trinajstić information content (AvgIpc) is 2.73. The molecule has 17 heavy (non-hydrogen) atoms. The van der Waals surface area contributed by atoms with Crippen molar-refractivity contribution in [3.63, 3.8) is 0 Å². The van der Waals surface area contributed by atoms with Crippen LogP contribution in [0.4, 0.5) is 5.69 Å². The third-order valence-electron chi connectivity index (χ3n) is 3.43. The summed E-state index contributed by atoms with van der Waals surface area (Å²) < 4.78 is 1.18. The lowest BCUT2D eigenvalue weighted by Gasteiger charge is -2.22. The molecule has 1 aliphatic heterocycles. The van der Waals surface area contributed by atoms with Gasteiger partial charge in [0.05, 0.1) is 5.41 Å². The molecule has 1 unspecified atom stereocenters. The molecule has 1 amide bonds. The van der Waals surface area contributed by atoms with Gasteiger partial charge in [0.15, 0.2) is 0 Å². The maximum atomic E-state index is 12.2. The number of amides is 1. The minimum Gasteiger partial charge on any atom is -0.325 e. The Balaban J connectivity index is 2.16. The lowest BCUT2D eigenvalue weighted by Crippen LogP contribution is -2.35. The minimum atomic E-state index is -0.270. The van der Waals surface area contributed by atoms with Gasteiger partial charge in [0, 0.05) is 15.8 Å². The maximum absolute atomic E-state index is 12.2. The molecular formula is C13H17IN2O. The van der Waals surface area contributed by atoms with Crippen molar-refractivity contribution in [1.82, 2.24) is 5.32 Å². The summed E-state index contributed by atoms with van der Waals surface area (Å²) in [6.07, 6.45) is 0.905. The highest BCUT2D eigenvalue weighted by Crippen LogP contribution is 2.28. The molecule has 0 radical (unpaired) electrons. The standard InChI is InChI=1S/C13H17IN2O/c1-9-10(14)4-3-5-11(9)16-12(17)13(2)6-7-15-8-13/h3-5,15H,6-8H2,1-2H3,(H,16,17). The zero-order valence-corrected chi connectivity index (χ0v) is 12.3. The van der Waals surface area contributed by atoms with Gasteiger partial charge in [-0.1, -0.05) is 6.07 Å². The van der Waals surface area contributed by atoms with Crippen LogP contribution in [0.25, 0.3) is 0 Å². The number of benzene rings is 1. The molecule has 1 saturated heterocycles. The summed E-state index contributed by atoms with van der Waals surface area (Å²) in [5, 5.41) is 6.29. The fourth-order valence-corrected chi connectivity index (χ4v) is 2.52. The first-order chi connectivity index (χ1) is 8.03. The van der Waals surface area contributed by atoms with Crippen LogP contribution in [0.2, 0.25) is 0 Å². The Kier molecular flexibility index (Phi) is 3.73. The molecule has 0 aliphatic carbocycles. The Morgan fingerprint density at radius 2 is 2.29 bits per heavy atom. The highest BCUT2D eigenvalue weighted by Gasteiger charge is 2.36. The van der Waals surface area contributed by atoms with E-state index in [0.29, 0.717) is 0 Å². The van der Waals surface area contributed by atoms with E-state index in [4.69, 9.17) is 0 Å². The van der Waals surface area contributed by atoms with Crippen LogP contribution in [0, 0.1) is 15.9 Å². The Bertz CT molecular complexity index is 439. The Morgan fingerprint density at radius 3 is 2.94 bits per heavy atom. The van der Waals surface area contributed by atoms with Gasteiger partial charge in [-0.05, 0) is 67.1 Å². The van der Waals surface area contributed by atoms with Gasteiger partial charge in [-0.15, -0.1) is 0 Å². The number of nitrogens with one attached hydrogen (secondary N) is 2. The minimum absolute atomic E-state index is 0.118. The number of halogens is 1. The highest BCUT2D eigenvalue weighted by molar-refractivity contribution is 14.1. The number of hydrogen-bond donors (Lipinski definition) is 2. The molecule has 1 fully saturated rings. The van der Waals surface area contributed by atoms with Gasteiger partial charge >= 0.3 is 0 Å². The van der Waals surface area contributed by atoms with Gasteiger partial charge in [-0.3, -0.25) is 4.79 Å². The first kappa shape index (κ1) is 12.8. The van der Waals surface area contributed by atoms with Crippen LogP contribution >= 0.6 is 22.6 Å². The van der Waals surface area contributed by atoms with Gasteiger partial charge in [-0.25, -0.2) is 0 Å². The van der Waals surface area contributed by atoms with Crippen molar-refractivity contribution in [2.45, 2.75) is 20.3 Å². The Hall–Kier alpha value is -0.620. The molecule has 0 bridgehead atoms. The number of anilines is 1. The second kappa shape index (κ2) is 4.94. The van der Waals surface area contributed by atoms with E-state index < -0.39 is 0 Å². The molecule has 4 heteroatoms. The molecule has 1 aliphatic rings. The van der Waals surface area contributed by atoms with E-state index in [-0.39, 0.29) is 11.3 Å². The predicted molar refractivity (Wildman–Crippen MR) is 78.1 cm³/mol.